The van der Waals surface area contributed by atoms with E-state index in [-0.39, 0.29) is 5.91 Å². The summed E-state index contributed by atoms with van der Waals surface area (Å²) in [6, 6.07) is 13.8. The van der Waals surface area contributed by atoms with E-state index in [2.05, 4.69) is 30.8 Å². The van der Waals surface area contributed by atoms with Gasteiger partial charge in [0.15, 0.2) is 0 Å². The number of hydrogen-bond acceptors (Lipinski definition) is 3. The lowest BCUT2D eigenvalue weighted by Gasteiger charge is -2.35. The number of hydrogen-bond donors (Lipinski definition) is 1. The first-order chi connectivity index (χ1) is 11.7. The maximum Gasteiger partial charge on any atom is 0.271 e. The summed E-state index contributed by atoms with van der Waals surface area (Å²) in [5, 5.41) is 1.04. The van der Waals surface area contributed by atoms with Crippen molar-refractivity contribution in [3.05, 3.63) is 58.8 Å². The molecule has 1 fully saturated rings. The molecule has 1 aliphatic rings. The van der Waals surface area contributed by atoms with E-state index in [0.29, 0.717) is 18.8 Å². The molecule has 3 heterocycles. The SMILES string of the molecule is O=C(c1[nH]c2ccccc2c1Br)N1CCN(c2ccccn2)CC1. The molecule has 24 heavy (non-hydrogen) atoms. The van der Waals surface area contributed by atoms with E-state index in [9.17, 15) is 4.79 Å². The van der Waals surface area contributed by atoms with Crippen molar-refractivity contribution in [2.24, 2.45) is 0 Å². The summed E-state index contributed by atoms with van der Waals surface area (Å²) in [6.45, 7) is 2.97. The number of carbonyl (C=O) groups is 1. The van der Waals surface area contributed by atoms with Gasteiger partial charge >= 0.3 is 0 Å². The molecule has 5 nitrogen and oxygen atoms in total. The lowest BCUT2D eigenvalue weighted by atomic mass is 10.2. The molecule has 1 aromatic carbocycles. The summed E-state index contributed by atoms with van der Waals surface area (Å²) < 4.78 is 0.843. The number of H-pyrrole nitrogens is 1. The normalized spacial score (nSPS) is 15.0. The molecular weight excluding hydrogens is 368 g/mol. The molecule has 1 aliphatic heterocycles. The van der Waals surface area contributed by atoms with E-state index in [1.807, 2.05) is 47.4 Å². The highest BCUT2D eigenvalue weighted by Crippen LogP contribution is 2.28. The van der Waals surface area contributed by atoms with Gasteiger partial charge in [-0.05, 0) is 34.1 Å². The Labute approximate surface area is 148 Å². The van der Waals surface area contributed by atoms with Crippen LogP contribution in [0.3, 0.4) is 0 Å². The van der Waals surface area contributed by atoms with Crippen LogP contribution in [0.4, 0.5) is 5.82 Å². The van der Waals surface area contributed by atoms with Gasteiger partial charge in [-0.15, -0.1) is 0 Å². The van der Waals surface area contributed by atoms with E-state index in [1.165, 1.54) is 0 Å². The number of halogens is 1. The number of pyridine rings is 1. The number of aromatic amines is 1. The summed E-state index contributed by atoms with van der Waals surface area (Å²) in [4.78, 5) is 24.6. The van der Waals surface area contributed by atoms with E-state index in [4.69, 9.17) is 0 Å². The van der Waals surface area contributed by atoms with Crippen molar-refractivity contribution in [3.63, 3.8) is 0 Å². The Balaban J connectivity index is 1.51. The molecule has 1 N–H and O–H groups in total. The summed E-state index contributed by atoms with van der Waals surface area (Å²) >= 11 is 3.57. The van der Waals surface area contributed by atoms with Crippen LogP contribution < -0.4 is 4.90 Å². The van der Waals surface area contributed by atoms with Gasteiger partial charge in [-0.25, -0.2) is 4.98 Å². The van der Waals surface area contributed by atoms with Gasteiger partial charge in [0.05, 0.1) is 4.47 Å². The minimum atomic E-state index is 0.0405. The van der Waals surface area contributed by atoms with E-state index in [1.54, 1.807) is 6.20 Å². The smallest absolute Gasteiger partial charge is 0.271 e. The van der Waals surface area contributed by atoms with Crippen LogP contribution in [-0.4, -0.2) is 47.0 Å². The van der Waals surface area contributed by atoms with Gasteiger partial charge in [-0.1, -0.05) is 24.3 Å². The topological polar surface area (TPSA) is 52.2 Å². The molecule has 0 spiro atoms. The van der Waals surface area contributed by atoms with Crippen LogP contribution in [0.5, 0.6) is 0 Å². The predicted molar refractivity (Wildman–Crippen MR) is 98.4 cm³/mol. The number of nitrogens with zero attached hydrogens (tertiary/aromatic N) is 3. The van der Waals surface area contributed by atoms with Crippen LogP contribution in [0.2, 0.25) is 0 Å². The molecular formula is C18H17BrN4O. The largest absolute Gasteiger partial charge is 0.353 e. The number of carbonyl (C=O) groups excluding carboxylic acids is 1. The number of fused-ring (bicyclic) bond motifs is 1. The van der Waals surface area contributed by atoms with Crippen molar-refractivity contribution in [1.82, 2.24) is 14.9 Å². The predicted octanol–water partition coefficient (Wildman–Crippen LogP) is 3.29. The van der Waals surface area contributed by atoms with Gasteiger partial charge in [0.25, 0.3) is 5.91 Å². The fourth-order valence-corrected chi connectivity index (χ4v) is 3.71. The van der Waals surface area contributed by atoms with Gasteiger partial charge in [0, 0.05) is 43.3 Å². The molecule has 1 amide bonds. The van der Waals surface area contributed by atoms with Crippen molar-refractivity contribution >= 4 is 38.6 Å². The Kier molecular flexibility index (Phi) is 3.98. The first-order valence-corrected chi connectivity index (χ1v) is 8.75. The lowest BCUT2D eigenvalue weighted by Crippen LogP contribution is -2.49. The number of aromatic nitrogens is 2. The van der Waals surface area contributed by atoms with Crippen molar-refractivity contribution in [2.45, 2.75) is 0 Å². The molecule has 122 valence electrons. The number of nitrogens with one attached hydrogen (secondary N) is 1. The van der Waals surface area contributed by atoms with Crippen molar-refractivity contribution < 1.29 is 4.79 Å². The molecule has 0 unspecified atom stereocenters. The first kappa shape index (κ1) is 15.2. The number of para-hydroxylation sites is 1. The Hall–Kier alpha value is -2.34. The summed E-state index contributed by atoms with van der Waals surface area (Å²) in [5.74, 6) is 1.01. The zero-order valence-electron chi connectivity index (χ0n) is 13.1. The minimum Gasteiger partial charge on any atom is -0.353 e. The van der Waals surface area contributed by atoms with Crippen molar-refractivity contribution in [3.8, 4) is 0 Å². The number of anilines is 1. The van der Waals surface area contributed by atoms with Crippen molar-refractivity contribution in [1.29, 1.82) is 0 Å². The van der Waals surface area contributed by atoms with Crippen LogP contribution in [0.1, 0.15) is 10.5 Å². The second-order valence-corrected chi connectivity index (χ2v) is 6.62. The zero-order chi connectivity index (χ0) is 16.5. The standard InChI is InChI=1S/C18H17BrN4O/c19-16-13-5-1-2-6-14(13)21-17(16)18(24)23-11-9-22(10-12-23)15-7-3-4-8-20-15/h1-8,21H,9-12H2. The van der Waals surface area contributed by atoms with Crippen molar-refractivity contribution in [2.75, 3.05) is 31.1 Å². The highest BCUT2D eigenvalue weighted by atomic mass is 79.9. The molecule has 3 aromatic rings. The first-order valence-electron chi connectivity index (χ1n) is 7.95. The van der Waals surface area contributed by atoms with Crippen LogP contribution >= 0.6 is 15.9 Å². The number of amides is 1. The van der Waals surface area contributed by atoms with E-state index < -0.39 is 0 Å². The second kappa shape index (κ2) is 6.28. The van der Waals surface area contributed by atoms with Crippen LogP contribution in [0, 0.1) is 0 Å². The fourth-order valence-electron chi connectivity index (χ4n) is 3.09. The Morgan fingerprint density at radius 1 is 1.04 bits per heavy atom. The van der Waals surface area contributed by atoms with Gasteiger partial charge in [0.2, 0.25) is 0 Å². The Morgan fingerprint density at radius 2 is 1.79 bits per heavy atom. The van der Waals surface area contributed by atoms with Gasteiger partial charge in [-0.3, -0.25) is 4.79 Å². The molecule has 2 aromatic heterocycles. The maximum atomic E-state index is 12.9. The van der Waals surface area contributed by atoms with E-state index in [0.717, 1.165) is 34.3 Å². The minimum absolute atomic E-state index is 0.0405. The van der Waals surface area contributed by atoms with Crippen LogP contribution in [-0.2, 0) is 0 Å². The third kappa shape index (κ3) is 2.67. The lowest BCUT2D eigenvalue weighted by molar-refractivity contribution is 0.0740. The average molecular weight is 385 g/mol. The summed E-state index contributed by atoms with van der Waals surface area (Å²) in [6.07, 6.45) is 1.80. The van der Waals surface area contributed by atoms with Crippen LogP contribution in [0.25, 0.3) is 10.9 Å². The molecule has 0 bridgehead atoms. The third-order valence-electron chi connectivity index (χ3n) is 4.40. The maximum absolute atomic E-state index is 12.9. The number of rotatable bonds is 2. The Bertz CT molecular complexity index is 869. The van der Waals surface area contributed by atoms with Crippen LogP contribution in [0.15, 0.2) is 53.1 Å². The molecule has 1 saturated heterocycles. The second-order valence-electron chi connectivity index (χ2n) is 5.83. The summed E-state index contributed by atoms with van der Waals surface area (Å²) in [7, 11) is 0. The molecule has 0 radical (unpaired) electrons. The van der Waals surface area contributed by atoms with E-state index >= 15 is 0 Å². The third-order valence-corrected chi connectivity index (χ3v) is 5.22. The monoisotopic (exact) mass is 384 g/mol. The fraction of sp³-hybridized carbons (Fsp3) is 0.222. The molecule has 4 rings (SSSR count). The average Bonchev–Trinajstić information content (AvgIpc) is 2.99. The van der Waals surface area contributed by atoms with Gasteiger partial charge in [0.1, 0.15) is 11.5 Å². The Morgan fingerprint density at radius 3 is 2.50 bits per heavy atom. The molecule has 0 atom stereocenters. The highest BCUT2D eigenvalue weighted by Gasteiger charge is 2.25. The molecule has 0 saturated carbocycles. The number of piperazine rings is 1. The highest BCUT2D eigenvalue weighted by molar-refractivity contribution is 9.10. The quantitative estimate of drug-likeness (QED) is 0.737. The number of benzene rings is 1. The zero-order valence-corrected chi connectivity index (χ0v) is 14.7. The molecule has 6 heteroatoms. The van der Waals surface area contributed by atoms with Gasteiger partial charge in [-0.2, -0.15) is 0 Å². The summed E-state index contributed by atoms with van der Waals surface area (Å²) in [5.41, 5.74) is 1.60. The van der Waals surface area contributed by atoms with Gasteiger partial charge < -0.3 is 14.8 Å². The molecule has 0 aliphatic carbocycles.